The fraction of sp³-hybridized carbons (Fsp3) is 0.250. The van der Waals surface area contributed by atoms with Gasteiger partial charge in [0.15, 0.2) is 0 Å². The number of hydrogen-bond acceptors (Lipinski definition) is 6. The Morgan fingerprint density at radius 3 is 2.45 bits per heavy atom. The van der Waals surface area contributed by atoms with Crippen LogP contribution in [-0.4, -0.2) is 34.9 Å². The van der Waals surface area contributed by atoms with Gasteiger partial charge < -0.3 is 10.2 Å². The molecule has 0 unspecified atom stereocenters. The molecular formula is C16H16O2S4. The van der Waals surface area contributed by atoms with E-state index >= 15 is 0 Å². The van der Waals surface area contributed by atoms with Gasteiger partial charge in [-0.1, -0.05) is 29.6 Å². The van der Waals surface area contributed by atoms with Crippen molar-refractivity contribution in [2.75, 3.05) is 24.7 Å². The van der Waals surface area contributed by atoms with Gasteiger partial charge in [-0.2, -0.15) is 0 Å². The summed E-state index contributed by atoms with van der Waals surface area (Å²) in [6.07, 6.45) is 0. The Morgan fingerprint density at radius 1 is 0.818 bits per heavy atom. The predicted octanol–water partition coefficient (Wildman–Crippen LogP) is 4.47. The van der Waals surface area contributed by atoms with Crippen LogP contribution in [-0.2, 0) is 0 Å². The smallest absolute Gasteiger partial charge is 0.0525 e. The highest BCUT2D eigenvalue weighted by atomic mass is 32.2. The lowest BCUT2D eigenvalue weighted by molar-refractivity contribution is 0.322. The van der Waals surface area contributed by atoms with Crippen molar-refractivity contribution in [3.8, 4) is 0 Å². The monoisotopic (exact) mass is 368 g/mol. The van der Waals surface area contributed by atoms with Gasteiger partial charge >= 0.3 is 0 Å². The van der Waals surface area contributed by atoms with Crippen LogP contribution in [0, 0.1) is 0 Å². The Balaban J connectivity index is 1.86. The molecule has 0 aromatic heterocycles. The normalized spacial score (nSPS) is 12.8. The van der Waals surface area contributed by atoms with Crippen LogP contribution in [0.4, 0.5) is 0 Å². The first-order valence-electron chi connectivity index (χ1n) is 6.92. The number of benzene rings is 2. The number of fused-ring (bicyclic) bond motifs is 2. The van der Waals surface area contributed by atoms with E-state index in [2.05, 4.69) is 36.4 Å². The largest absolute Gasteiger partial charge is 0.396 e. The molecule has 0 atom stereocenters. The van der Waals surface area contributed by atoms with Crippen molar-refractivity contribution in [2.24, 2.45) is 0 Å². The van der Waals surface area contributed by atoms with Crippen molar-refractivity contribution in [3.63, 3.8) is 0 Å². The molecule has 2 aromatic carbocycles. The Morgan fingerprint density at radius 2 is 1.64 bits per heavy atom. The maximum absolute atomic E-state index is 9.05. The molecule has 0 aliphatic carbocycles. The molecule has 3 rings (SSSR count). The lowest BCUT2D eigenvalue weighted by atomic mass is 10.3. The molecule has 1 aliphatic heterocycles. The molecule has 2 nitrogen and oxygen atoms in total. The van der Waals surface area contributed by atoms with Crippen molar-refractivity contribution in [2.45, 2.75) is 29.4 Å². The molecule has 2 N–H and O–H groups in total. The van der Waals surface area contributed by atoms with Gasteiger partial charge in [-0.15, -0.1) is 23.5 Å². The van der Waals surface area contributed by atoms with Crippen molar-refractivity contribution in [3.05, 3.63) is 36.4 Å². The standard InChI is InChI=1S/C16H16O2S4/c17-6-8-19-11-4-5-12-15(10-11)22-16-13(20-9-7-18)2-1-3-14(16)21-12/h1-5,10,17-18H,6-9H2. The molecule has 6 heteroatoms. The highest BCUT2D eigenvalue weighted by Crippen LogP contribution is 2.52. The van der Waals surface area contributed by atoms with Gasteiger partial charge in [0.25, 0.3) is 0 Å². The van der Waals surface area contributed by atoms with E-state index in [1.54, 1.807) is 23.5 Å². The zero-order valence-electron chi connectivity index (χ0n) is 11.8. The first-order valence-corrected chi connectivity index (χ1v) is 10.5. The van der Waals surface area contributed by atoms with Crippen LogP contribution >= 0.6 is 47.0 Å². The lowest BCUT2D eigenvalue weighted by Crippen LogP contribution is -1.94. The topological polar surface area (TPSA) is 40.5 Å². The van der Waals surface area contributed by atoms with Crippen molar-refractivity contribution in [1.82, 2.24) is 0 Å². The highest BCUT2D eigenvalue weighted by molar-refractivity contribution is 8.06. The summed E-state index contributed by atoms with van der Waals surface area (Å²) in [6, 6.07) is 12.9. The van der Waals surface area contributed by atoms with E-state index in [4.69, 9.17) is 10.2 Å². The zero-order valence-corrected chi connectivity index (χ0v) is 15.1. The van der Waals surface area contributed by atoms with Crippen LogP contribution in [0.2, 0.25) is 0 Å². The van der Waals surface area contributed by atoms with Crippen LogP contribution in [0.5, 0.6) is 0 Å². The molecule has 0 amide bonds. The summed E-state index contributed by atoms with van der Waals surface area (Å²) in [5.74, 6) is 1.45. The number of hydrogen-bond donors (Lipinski definition) is 2. The number of thioether (sulfide) groups is 2. The third-order valence-electron chi connectivity index (χ3n) is 3.00. The van der Waals surface area contributed by atoms with Gasteiger partial charge in [0, 0.05) is 40.9 Å². The van der Waals surface area contributed by atoms with E-state index in [-0.39, 0.29) is 13.2 Å². The summed E-state index contributed by atoms with van der Waals surface area (Å²) in [7, 11) is 0. The second-order valence-electron chi connectivity index (χ2n) is 4.54. The van der Waals surface area contributed by atoms with Crippen LogP contribution in [0.3, 0.4) is 0 Å². The Bertz CT molecular complexity index is 661. The van der Waals surface area contributed by atoms with E-state index in [1.165, 1.54) is 29.4 Å². The Kier molecular flexibility index (Phi) is 6.07. The SMILES string of the molecule is OCCSc1ccc2c(c1)Sc1c(SCCO)cccc1S2. The summed E-state index contributed by atoms with van der Waals surface area (Å²) >= 11 is 7.00. The van der Waals surface area contributed by atoms with Crippen LogP contribution in [0.15, 0.2) is 65.8 Å². The quantitative estimate of drug-likeness (QED) is 0.626. The van der Waals surface area contributed by atoms with E-state index in [0.29, 0.717) is 0 Å². The summed E-state index contributed by atoms with van der Waals surface area (Å²) in [5, 5.41) is 18.0. The molecule has 22 heavy (non-hydrogen) atoms. The van der Waals surface area contributed by atoms with Crippen LogP contribution in [0.25, 0.3) is 0 Å². The van der Waals surface area contributed by atoms with Gasteiger partial charge in [0.1, 0.15) is 0 Å². The molecule has 2 aromatic rings. The maximum Gasteiger partial charge on any atom is 0.0525 e. The summed E-state index contributed by atoms with van der Waals surface area (Å²) < 4.78 is 0. The van der Waals surface area contributed by atoms with Gasteiger partial charge in [-0.05, 0) is 30.3 Å². The minimum Gasteiger partial charge on any atom is -0.396 e. The third-order valence-corrected chi connectivity index (χ3v) is 7.74. The predicted molar refractivity (Wildman–Crippen MR) is 96.7 cm³/mol. The minimum atomic E-state index is 0.199. The fourth-order valence-electron chi connectivity index (χ4n) is 2.08. The van der Waals surface area contributed by atoms with E-state index in [0.717, 1.165) is 11.5 Å². The molecule has 0 saturated heterocycles. The van der Waals surface area contributed by atoms with E-state index in [9.17, 15) is 0 Å². The van der Waals surface area contributed by atoms with Crippen molar-refractivity contribution < 1.29 is 10.2 Å². The molecule has 0 fully saturated rings. The van der Waals surface area contributed by atoms with Gasteiger partial charge in [0.2, 0.25) is 0 Å². The number of rotatable bonds is 6. The van der Waals surface area contributed by atoms with Crippen LogP contribution < -0.4 is 0 Å². The number of aliphatic hydroxyl groups excluding tert-OH is 2. The molecular weight excluding hydrogens is 352 g/mol. The second-order valence-corrected chi connectivity index (χ2v) is 8.98. The molecule has 0 spiro atoms. The fourth-order valence-corrected chi connectivity index (χ4v) is 6.23. The van der Waals surface area contributed by atoms with Gasteiger partial charge in [-0.3, -0.25) is 0 Å². The van der Waals surface area contributed by atoms with E-state index in [1.807, 2.05) is 23.5 Å². The van der Waals surface area contributed by atoms with Crippen molar-refractivity contribution in [1.29, 1.82) is 0 Å². The second kappa shape index (κ2) is 8.04. The Labute approximate surface area is 147 Å². The first kappa shape index (κ1) is 16.6. The molecule has 116 valence electrons. The summed E-state index contributed by atoms with van der Waals surface area (Å²) in [5.41, 5.74) is 0. The maximum atomic E-state index is 9.05. The van der Waals surface area contributed by atoms with Crippen molar-refractivity contribution >= 4 is 47.0 Å². The zero-order chi connectivity index (χ0) is 15.4. The van der Waals surface area contributed by atoms with E-state index < -0.39 is 0 Å². The molecule has 1 heterocycles. The highest BCUT2D eigenvalue weighted by Gasteiger charge is 2.20. The summed E-state index contributed by atoms with van der Waals surface area (Å²) in [6.45, 7) is 0.402. The molecule has 1 aliphatic rings. The average molecular weight is 369 g/mol. The molecule has 0 radical (unpaired) electrons. The number of aliphatic hydroxyl groups is 2. The lowest BCUT2D eigenvalue weighted by Gasteiger charge is -2.21. The first-order chi connectivity index (χ1) is 10.8. The molecule has 0 bridgehead atoms. The Hall–Kier alpha value is -0.240. The minimum absolute atomic E-state index is 0.199. The van der Waals surface area contributed by atoms with Gasteiger partial charge in [0.05, 0.1) is 13.2 Å². The average Bonchev–Trinajstić information content (AvgIpc) is 2.56. The van der Waals surface area contributed by atoms with Crippen LogP contribution in [0.1, 0.15) is 0 Å². The van der Waals surface area contributed by atoms with Gasteiger partial charge in [-0.25, -0.2) is 0 Å². The third kappa shape index (κ3) is 3.80. The molecule has 0 saturated carbocycles. The summed E-state index contributed by atoms with van der Waals surface area (Å²) in [4.78, 5) is 7.58.